The largest absolute Gasteiger partial charge is 0.329 e. The van der Waals surface area contributed by atoms with Crippen molar-refractivity contribution in [2.24, 2.45) is 11.7 Å². The zero-order valence-corrected chi connectivity index (χ0v) is 12.3. The summed E-state index contributed by atoms with van der Waals surface area (Å²) in [6.07, 6.45) is 3.11. The van der Waals surface area contributed by atoms with Crippen LogP contribution in [0.25, 0.3) is 10.9 Å². The van der Waals surface area contributed by atoms with Crippen molar-refractivity contribution in [3.63, 3.8) is 0 Å². The summed E-state index contributed by atoms with van der Waals surface area (Å²) in [5, 5.41) is 1.20. The van der Waals surface area contributed by atoms with Crippen LogP contribution in [0, 0.1) is 5.92 Å². The van der Waals surface area contributed by atoms with Gasteiger partial charge in [0.05, 0.1) is 5.52 Å². The highest BCUT2D eigenvalue weighted by atomic mass is 15.2. The molecule has 1 saturated heterocycles. The first-order valence-corrected chi connectivity index (χ1v) is 7.49. The minimum Gasteiger partial charge on any atom is -0.329 e. The van der Waals surface area contributed by atoms with E-state index in [0.717, 1.165) is 18.0 Å². The van der Waals surface area contributed by atoms with E-state index in [4.69, 9.17) is 5.73 Å². The maximum absolute atomic E-state index is 6.08. The van der Waals surface area contributed by atoms with E-state index >= 15 is 0 Å². The molecule has 3 nitrogen and oxygen atoms in total. The second kappa shape index (κ2) is 5.51. The number of hydrogen-bond donors (Lipinski definition) is 1. The molecule has 1 aromatic heterocycles. The van der Waals surface area contributed by atoms with Crippen molar-refractivity contribution in [3.8, 4) is 0 Å². The molecule has 0 radical (unpaired) electrons. The zero-order valence-electron chi connectivity index (χ0n) is 12.3. The van der Waals surface area contributed by atoms with Gasteiger partial charge >= 0.3 is 0 Å². The molecule has 1 fully saturated rings. The van der Waals surface area contributed by atoms with E-state index in [9.17, 15) is 0 Å². The number of pyridine rings is 1. The first kappa shape index (κ1) is 13.5. The predicted octanol–water partition coefficient (Wildman–Crippen LogP) is 2.96. The van der Waals surface area contributed by atoms with E-state index in [2.05, 4.69) is 48.0 Å². The minimum atomic E-state index is 0.319. The van der Waals surface area contributed by atoms with Crippen molar-refractivity contribution in [1.82, 2.24) is 9.88 Å². The highest BCUT2D eigenvalue weighted by Gasteiger charge is 2.31. The van der Waals surface area contributed by atoms with Crippen LogP contribution < -0.4 is 5.73 Å². The summed E-state index contributed by atoms with van der Waals surface area (Å²) in [4.78, 5) is 6.94. The number of aromatic nitrogens is 1. The number of likely N-dealkylation sites (tertiary alicyclic amines) is 1. The van der Waals surface area contributed by atoms with Crippen LogP contribution in [0.1, 0.15) is 31.9 Å². The van der Waals surface area contributed by atoms with Crippen molar-refractivity contribution in [2.45, 2.75) is 32.4 Å². The molecule has 20 heavy (non-hydrogen) atoms. The molecular formula is C17H23N3. The van der Waals surface area contributed by atoms with Gasteiger partial charge in [0.2, 0.25) is 0 Å². The number of nitrogens with two attached hydrogens (primary N) is 1. The Morgan fingerprint density at radius 2 is 2.20 bits per heavy atom. The Labute approximate surface area is 120 Å². The van der Waals surface area contributed by atoms with Gasteiger partial charge in [0, 0.05) is 36.8 Å². The van der Waals surface area contributed by atoms with Crippen LogP contribution in [0.2, 0.25) is 0 Å². The van der Waals surface area contributed by atoms with Gasteiger partial charge in [-0.2, -0.15) is 0 Å². The van der Waals surface area contributed by atoms with E-state index in [0.29, 0.717) is 18.6 Å². The molecule has 2 aromatic rings. The van der Waals surface area contributed by atoms with Crippen LogP contribution in [0.15, 0.2) is 36.5 Å². The maximum atomic E-state index is 6.08. The maximum Gasteiger partial charge on any atom is 0.0702 e. The Kier molecular flexibility index (Phi) is 3.72. The molecule has 1 aliphatic rings. The van der Waals surface area contributed by atoms with Gasteiger partial charge < -0.3 is 5.73 Å². The van der Waals surface area contributed by atoms with Crippen LogP contribution in [0.5, 0.6) is 0 Å². The first-order valence-electron chi connectivity index (χ1n) is 7.49. The molecule has 106 valence electrons. The average molecular weight is 269 g/mol. The van der Waals surface area contributed by atoms with E-state index in [1.807, 2.05) is 12.3 Å². The molecule has 3 rings (SSSR count). The summed E-state index contributed by atoms with van der Waals surface area (Å²) in [6, 6.07) is 11.6. The summed E-state index contributed by atoms with van der Waals surface area (Å²) in [5.41, 5.74) is 8.44. The lowest BCUT2D eigenvalue weighted by Gasteiger charge is -2.31. The van der Waals surface area contributed by atoms with E-state index in [1.165, 1.54) is 17.4 Å². The lowest BCUT2D eigenvalue weighted by Crippen LogP contribution is -2.36. The van der Waals surface area contributed by atoms with E-state index in [-0.39, 0.29) is 0 Å². The normalized spacial score (nSPS) is 25.1. The lowest BCUT2D eigenvalue weighted by atomic mass is 10.0. The second-order valence-corrected chi connectivity index (χ2v) is 6.09. The molecule has 3 atom stereocenters. The Bertz CT molecular complexity index is 596. The fraction of sp³-hybridized carbons (Fsp3) is 0.471. The molecular weight excluding hydrogens is 246 g/mol. The van der Waals surface area contributed by atoms with Gasteiger partial charge in [0.15, 0.2) is 0 Å². The third-order valence-electron chi connectivity index (χ3n) is 4.47. The van der Waals surface area contributed by atoms with Crippen LogP contribution >= 0.6 is 0 Å². The number of fused-ring (bicyclic) bond motifs is 1. The van der Waals surface area contributed by atoms with Gasteiger partial charge in [-0.1, -0.05) is 19.1 Å². The van der Waals surface area contributed by atoms with Gasteiger partial charge in [-0.15, -0.1) is 0 Å². The molecule has 2 N–H and O–H groups in total. The standard InChI is InChI=1S/C17H23N3/c1-12-8-13(2)20(11-12)17(10-18)15-5-6-16-14(9-15)4-3-7-19-16/h3-7,9,12-13,17H,8,10-11,18H2,1-2H3. The topological polar surface area (TPSA) is 42.1 Å². The lowest BCUT2D eigenvalue weighted by molar-refractivity contribution is 0.192. The smallest absolute Gasteiger partial charge is 0.0702 e. The summed E-state index contributed by atoms with van der Waals surface area (Å²) in [6.45, 7) is 6.46. The average Bonchev–Trinajstić information content (AvgIpc) is 2.78. The zero-order chi connectivity index (χ0) is 14.1. The summed E-state index contributed by atoms with van der Waals surface area (Å²) in [5.74, 6) is 0.765. The third kappa shape index (κ3) is 2.43. The molecule has 0 spiro atoms. The summed E-state index contributed by atoms with van der Waals surface area (Å²) < 4.78 is 0. The van der Waals surface area contributed by atoms with Gasteiger partial charge in [-0.25, -0.2) is 0 Å². The second-order valence-electron chi connectivity index (χ2n) is 6.09. The molecule has 0 bridgehead atoms. The minimum absolute atomic E-state index is 0.319. The Morgan fingerprint density at radius 1 is 1.35 bits per heavy atom. The van der Waals surface area contributed by atoms with Gasteiger partial charge in [-0.05, 0) is 43.0 Å². The number of nitrogens with zero attached hydrogens (tertiary/aromatic N) is 2. The Morgan fingerprint density at radius 3 is 2.90 bits per heavy atom. The van der Waals surface area contributed by atoms with E-state index in [1.54, 1.807) is 0 Å². The summed E-state index contributed by atoms with van der Waals surface area (Å²) >= 11 is 0. The van der Waals surface area contributed by atoms with Crippen molar-refractivity contribution < 1.29 is 0 Å². The molecule has 1 aromatic carbocycles. The highest BCUT2D eigenvalue weighted by molar-refractivity contribution is 5.79. The molecule has 3 heteroatoms. The SMILES string of the molecule is CC1CC(C)N(C(CN)c2ccc3ncccc3c2)C1. The predicted molar refractivity (Wildman–Crippen MR) is 83.5 cm³/mol. The van der Waals surface area contributed by atoms with Gasteiger partial charge in [0.1, 0.15) is 0 Å². The number of rotatable bonds is 3. The first-order chi connectivity index (χ1) is 9.69. The van der Waals surface area contributed by atoms with Crippen molar-refractivity contribution in [3.05, 3.63) is 42.1 Å². The monoisotopic (exact) mass is 269 g/mol. The van der Waals surface area contributed by atoms with Crippen LogP contribution in [0.3, 0.4) is 0 Å². The number of hydrogen-bond acceptors (Lipinski definition) is 3. The molecule has 2 heterocycles. The van der Waals surface area contributed by atoms with Crippen molar-refractivity contribution >= 4 is 10.9 Å². The van der Waals surface area contributed by atoms with Crippen molar-refractivity contribution in [2.75, 3.05) is 13.1 Å². The fourth-order valence-corrected chi connectivity index (χ4v) is 3.53. The van der Waals surface area contributed by atoms with Crippen molar-refractivity contribution in [1.29, 1.82) is 0 Å². The Balaban J connectivity index is 1.94. The fourth-order valence-electron chi connectivity index (χ4n) is 3.53. The quantitative estimate of drug-likeness (QED) is 0.931. The molecule has 1 aliphatic heterocycles. The van der Waals surface area contributed by atoms with E-state index < -0.39 is 0 Å². The molecule has 0 aliphatic carbocycles. The van der Waals surface area contributed by atoms with Gasteiger partial charge in [-0.3, -0.25) is 9.88 Å². The number of benzene rings is 1. The highest BCUT2D eigenvalue weighted by Crippen LogP contribution is 2.32. The van der Waals surface area contributed by atoms with Crippen LogP contribution in [-0.4, -0.2) is 29.0 Å². The Hall–Kier alpha value is -1.45. The molecule has 3 unspecified atom stereocenters. The van der Waals surface area contributed by atoms with Crippen LogP contribution in [0.4, 0.5) is 0 Å². The van der Waals surface area contributed by atoms with Gasteiger partial charge in [0.25, 0.3) is 0 Å². The third-order valence-corrected chi connectivity index (χ3v) is 4.47. The molecule has 0 saturated carbocycles. The summed E-state index contributed by atoms with van der Waals surface area (Å²) in [7, 11) is 0. The van der Waals surface area contributed by atoms with Crippen LogP contribution in [-0.2, 0) is 0 Å². The molecule has 0 amide bonds.